The Hall–Kier alpha value is -0.410. The summed E-state index contributed by atoms with van der Waals surface area (Å²) in [6.07, 6.45) is 5.84. The summed E-state index contributed by atoms with van der Waals surface area (Å²) < 4.78 is 0. The molecule has 0 unspecified atom stereocenters. The van der Waals surface area contributed by atoms with Crippen LogP contribution in [0.5, 0.6) is 0 Å². The van der Waals surface area contributed by atoms with Gasteiger partial charge in [-0.15, -0.1) is 0 Å². The van der Waals surface area contributed by atoms with Crippen LogP contribution in [0.25, 0.3) is 0 Å². The predicted molar refractivity (Wildman–Crippen MR) is 51.4 cm³/mol. The van der Waals surface area contributed by atoms with Gasteiger partial charge in [0.15, 0.2) is 0 Å². The van der Waals surface area contributed by atoms with E-state index in [1.165, 1.54) is 12.8 Å². The highest BCUT2D eigenvalue weighted by Gasteiger charge is 2.21. The number of ketones is 1. The molecule has 0 radical (unpaired) electrons. The number of rotatable bonds is 4. The second kappa shape index (κ2) is 8.20. The standard InChI is InChI=1S/C9H16O2.CH4O/c10-7-3-6-9(11)8-4-1-2-5-8;1-2/h8,10H,1-7H2;2H,1H3. The summed E-state index contributed by atoms with van der Waals surface area (Å²) in [5, 5.41) is 15.5. The van der Waals surface area contributed by atoms with E-state index in [4.69, 9.17) is 10.2 Å². The third-order valence-electron chi connectivity index (χ3n) is 2.39. The van der Waals surface area contributed by atoms with E-state index in [1.807, 2.05) is 0 Å². The van der Waals surface area contributed by atoms with Crippen LogP contribution in [0.4, 0.5) is 0 Å². The van der Waals surface area contributed by atoms with Gasteiger partial charge in [0.2, 0.25) is 0 Å². The molecule has 1 aliphatic rings. The van der Waals surface area contributed by atoms with Gasteiger partial charge in [-0.25, -0.2) is 0 Å². The smallest absolute Gasteiger partial charge is 0.136 e. The summed E-state index contributed by atoms with van der Waals surface area (Å²) in [5.74, 6) is 0.707. The summed E-state index contributed by atoms with van der Waals surface area (Å²) >= 11 is 0. The fraction of sp³-hybridized carbons (Fsp3) is 0.900. The van der Waals surface area contributed by atoms with Gasteiger partial charge >= 0.3 is 0 Å². The second-order valence-corrected chi connectivity index (χ2v) is 3.27. The SMILES string of the molecule is CO.O=C(CCCO)C1CCCC1. The fourth-order valence-electron chi connectivity index (χ4n) is 1.71. The molecule has 2 N–H and O–H groups in total. The summed E-state index contributed by atoms with van der Waals surface area (Å²) in [4.78, 5) is 11.3. The molecule has 0 aromatic rings. The molecule has 0 bridgehead atoms. The molecular formula is C10H20O3. The van der Waals surface area contributed by atoms with Gasteiger partial charge in [0, 0.05) is 26.1 Å². The van der Waals surface area contributed by atoms with Crippen LogP contribution < -0.4 is 0 Å². The first-order valence-corrected chi connectivity index (χ1v) is 4.93. The van der Waals surface area contributed by atoms with Gasteiger partial charge in [-0.05, 0) is 19.3 Å². The lowest BCUT2D eigenvalue weighted by molar-refractivity contribution is -0.122. The lowest BCUT2D eigenvalue weighted by Gasteiger charge is -2.05. The Balaban J connectivity index is 0.000000671. The Morgan fingerprint density at radius 1 is 1.31 bits per heavy atom. The number of aliphatic hydroxyl groups excluding tert-OH is 2. The van der Waals surface area contributed by atoms with Crippen molar-refractivity contribution in [2.75, 3.05) is 13.7 Å². The van der Waals surface area contributed by atoms with E-state index in [0.717, 1.165) is 20.0 Å². The van der Waals surface area contributed by atoms with E-state index in [1.54, 1.807) is 0 Å². The van der Waals surface area contributed by atoms with Crippen molar-refractivity contribution in [1.29, 1.82) is 0 Å². The summed E-state index contributed by atoms with van der Waals surface area (Å²) in [7, 11) is 1.00. The lowest BCUT2D eigenvalue weighted by atomic mass is 9.99. The number of hydrogen-bond acceptors (Lipinski definition) is 3. The largest absolute Gasteiger partial charge is 0.400 e. The normalized spacial score (nSPS) is 16.5. The molecule has 3 nitrogen and oxygen atoms in total. The van der Waals surface area contributed by atoms with E-state index in [2.05, 4.69) is 0 Å². The van der Waals surface area contributed by atoms with Gasteiger partial charge in [0.05, 0.1) is 0 Å². The van der Waals surface area contributed by atoms with Crippen LogP contribution in [0.3, 0.4) is 0 Å². The molecule has 0 aliphatic heterocycles. The monoisotopic (exact) mass is 188 g/mol. The van der Waals surface area contributed by atoms with Crippen LogP contribution in [-0.2, 0) is 4.79 Å². The number of aliphatic hydroxyl groups is 2. The van der Waals surface area contributed by atoms with Crippen LogP contribution in [0.15, 0.2) is 0 Å². The summed E-state index contributed by atoms with van der Waals surface area (Å²) in [6.45, 7) is 0.151. The Labute approximate surface area is 79.8 Å². The van der Waals surface area contributed by atoms with Gasteiger partial charge in [-0.3, -0.25) is 4.79 Å². The van der Waals surface area contributed by atoms with Crippen LogP contribution in [-0.4, -0.2) is 29.7 Å². The Morgan fingerprint density at radius 2 is 1.85 bits per heavy atom. The second-order valence-electron chi connectivity index (χ2n) is 3.27. The minimum atomic E-state index is 0.151. The minimum Gasteiger partial charge on any atom is -0.400 e. The number of carbonyl (C=O) groups excluding carboxylic acids is 1. The third-order valence-corrected chi connectivity index (χ3v) is 2.39. The van der Waals surface area contributed by atoms with Crippen LogP contribution in [0.1, 0.15) is 38.5 Å². The van der Waals surface area contributed by atoms with Crippen molar-refractivity contribution in [2.45, 2.75) is 38.5 Å². The molecule has 0 aromatic heterocycles. The van der Waals surface area contributed by atoms with Gasteiger partial charge in [-0.2, -0.15) is 0 Å². The topological polar surface area (TPSA) is 57.5 Å². The van der Waals surface area contributed by atoms with E-state index < -0.39 is 0 Å². The maximum atomic E-state index is 11.3. The highest BCUT2D eigenvalue weighted by atomic mass is 16.3. The number of carbonyl (C=O) groups is 1. The molecule has 1 fully saturated rings. The Kier molecular flexibility index (Phi) is 7.94. The molecule has 78 valence electrons. The van der Waals surface area contributed by atoms with Crippen molar-refractivity contribution in [3.63, 3.8) is 0 Å². The van der Waals surface area contributed by atoms with Crippen molar-refractivity contribution < 1.29 is 15.0 Å². The molecule has 1 rings (SSSR count). The van der Waals surface area contributed by atoms with Crippen LogP contribution >= 0.6 is 0 Å². The van der Waals surface area contributed by atoms with Gasteiger partial charge in [0.25, 0.3) is 0 Å². The van der Waals surface area contributed by atoms with Crippen LogP contribution in [0.2, 0.25) is 0 Å². The first-order valence-electron chi connectivity index (χ1n) is 4.93. The maximum absolute atomic E-state index is 11.3. The molecule has 0 aromatic carbocycles. The highest BCUT2D eigenvalue weighted by Crippen LogP contribution is 2.26. The van der Waals surface area contributed by atoms with Crippen molar-refractivity contribution in [1.82, 2.24) is 0 Å². The average molecular weight is 188 g/mol. The van der Waals surface area contributed by atoms with E-state index >= 15 is 0 Å². The molecule has 1 aliphatic carbocycles. The first-order chi connectivity index (χ1) is 6.34. The Morgan fingerprint density at radius 3 is 2.31 bits per heavy atom. The molecule has 0 saturated heterocycles. The lowest BCUT2D eigenvalue weighted by Crippen LogP contribution is -2.10. The minimum absolute atomic E-state index is 0.151. The van der Waals surface area contributed by atoms with E-state index in [0.29, 0.717) is 24.5 Å². The van der Waals surface area contributed by atoms with Gasteiger partial charge in [0.1, 0.15) is 5.78 Å². The van der Waals surface area contributed by atoms with Gasteiger partial charge < -0.3 is 10.2 Å². The Bertz CT molecular complexity index is 128. The molecule has 1 saturated carbocycles. The third kappa shape index (κ3) is 5.01. The quantitative estimate of drug-likeness (QED) is 0.695. The zero-order valence-electron chi connectivity index (χ0n) is 8.33. The molecule has 0 atom stereocenters. The van der Waals surface area contributed by atoms with E-state index in [9.17, 15) is 4.79 Å². The fourth-order valence-corrected chi connectivity index (χ4v) is 1.71. The zero-order chi connectivity index (χ0) is 10.1. The van der Waals surface area contributed by atoms with Gasteiger partial charge in [-0.1, -0.05) is 12.8 Å². The number of hydrogen-bond donors (Lipinski definition) is 2. The average Bonchev–Trinajstić information content (AvgIpc) is 2.70. The molecule has 0 heterocycles. The van der Waals surface area contributed by atoms with Crippen molar-refractivity contribution in [2.24, 2.45) is 5.92 Å². The van der Waals surface area contributed by atoms with Crippen molar-refractivity contribution in [3.8, 4) is 0 Å². The zero-order valence-corrected chi connectivity index (χ0v) is 8.33. The summed E-state index contributed by atoms with van der Waals surface area (Å²) in [5.41, 5.74) is 0. The first kappa shape index (κ1) is 12.6. The maximum Gasteiger partial charge on any atom is 0.136 e. The molecule has 0 amide bonds. The molecule has 3 heteroatoms. The predicted octanol–water partition coefficient (Wildman–Crippen LogP) is 1.13. The molecule has 13 heavy (non-hydrogen) atoms. The van der Waals surface area contributed by atoms with Crippen molar-refractivity contribution in [3.05, 3.63) is 0 Å². The van der Waals surface area contributed by atoms with Crippen LogP contribution in [0, 0.1) is 5.92 Å². The summed E-state index contributed by atoms with van der Waals surface area (Å²) in [6, 6.07) is 0. The molecule has 0 spiro atoms. The molecular weight excluding hydrogens is 168 g/mol. The van der Waals surface area contributed by atoms with Crippen molar-refractivity contribution >= 4 is 5.78 Å². The highest BCUT2D eigenvalue weighted by molar-refractivity contribution is 5.81. The number of Topliss-reactive ketones (excluding diaryl/α,β-unsaturated/α-hetero) is 1. The van der Waals surface area contributed by atoms with E-state index in [-0.39, 0.29) is 6.61 Å².